The third-order valence-corrected chi connectivity index (χ3v) is 4.82. The van der Waals surface area contributed by atoms with Crippen molar-refractivity contribution in [2.75, 3.05) is 7.05 Å². The topological polar surface area (TPSA) is 49.8 Å². The van der Waals surface area contributed by atoms with E-state index in [9.17, 15) is 9.90 Å². The van der Waals surface area contributed by atoms with Gasteiger partial charge in [-0.1, -0.05) is 60.7 Å². The molecular weight excluding hydrogens is 302 g/mol. The van der Waals surface area contributed by atoms with E-state index in [1.165, 1.54) is 0 Å². The Balaban J connectivity index is 1.69. The van der Waals surface area contributed by atoms with Crippen LogP contribution in [-0.4, -0.2) is 29.2 Å². The van der Waals surface area contributed by atoms with Gasteiger partial charge in [-0.3, -0.25) is 0 Å². The van der Waals surface area contributed by atoms with Gasteiger partial charge in [0.15, 0.2) is 0 Å². The number of ether oxygens (including phenoxy) is 1. The van der Waals surface area contributed by atoms with Crippen molar-refractivity contribution >= 4 is 6.09 Å². The van der Waals surface area contributed by atoms with Gasteiger partial charge in [-0.05, 0) is 30.4 Å². The Morgan fingerprint density at radius 2 is 1.79 bits per heavy atom. The van der Waals surface area contributed by atoms with Gasteiger partial charge in [0, 0.05) is 7.05 Å². The standard InChI is InChI=1S/C20H23NO3/c1-21(19(22)24-15-16-9-4-2-5-10-16)18-13-8-14-20(18,23)17-11-6-3-7-12-17/h2-7,9-12,18,23H,8,13-15H2,1H3/t18-,20-/m1/s1. The molecule has 1 N–H and O–H groups in total. The summed E-state index contributed by atoms with van der Waals surface area (Å²) < 4.78 is 5.41. The molecule has 0 aliphatic heterocycles. The number of hydrogen-bond acceptors (Lipinski definition) is 3. The Kier molecular flexibility index (Phi) is 4.86. The zero-order chi connectivity index (χ0) is 17.0. The molecule has 1 saturated carbocycles. The first-order valence-corrected chi connectivity index (χ1v) is 8.32. The second kappa shape index (κ2) is 7.05. The minimum atomic E-state index is -1.01. The van der Waals surface area contributed by atoms with E-state index in [1.54, 1.807) is 11.9 Å². The number of nitrogens with zero attached hydrogens (tertiary/aromatic N) is 1. The Bertz CT molecular complexity index is 674. The lowest BCUT2D eigenvalue weighted by Crippen LogP contribution is -2.48. The van der Waals surface area contributed by atoms with Gasteiger partial charge in [0.25, 0.3) is 0 Å². The molecule has 1 amide bonds. The molecule has 0 bridgehead atoms. The van der Waals surface area contributed by atoms with Gasteiger partial charge in [-0.25, -0.2) is 4.79 Å². The first-order chi connectivity index (χ1) is 11.6. The van der Waals surface area contributed by atoms with Crippen LogP contribution in [0.2, 0.25) is 0 Å². The molecule has 0 aromatic heterocycles. The number of hydrogen-bond donors (Lipinski definition) is 1. The number of aliphatic hydroxyl groups is 1. The SMILES string of the molecule is CN(C(=O)OCc1ccccc1)[C@@H]1CCC[C@@]1(O)c1ccccc1. The largest absolute Gasteiger partial charge is 0.445 e. The zero-order valence-electron chi connectivity index (χ0n) is 13.9. The fourth-order valence-electron chi connectivity index (χ4n) is 3.50. The predicted octanol–water partition coefficient (Wildman–Crippen LogP) is 3.70. The third-order valence-electron chi connectivity index (χ3n) is 4.82. The first-order valence-electron chi connectivity index (χ1n) is 8.32. The normalized spacial score (nSPS) is 23.0. The van der Waals surface area contributed by atoms with Crippen LogP contribution < -0.4 is 0 Å². The van der Waals surface area contributed by atoms with Crippen molar-refractivity contribution in [3.63, 3.8) is 0 Å². The third kappa shape index (κ3) is 3.29. The molecule has 0 radical (unpaired) electrons. The van der Waals surface area contributed by atoms with Crippen molar-refractivity contribution in [2.24, 2.45) is 0 Å². The van der Waals surface area contributed by atoms with Crippen molar-refractivity contribution < 1.29 is 14.6 Å². The van der Waals surface area contributed by atoms with Crippen LogP contribution in [0.4, 0.5) is 4.79 Å². The van der Waals surface area contributed by atoms with Crippen LogP contribution in [0, 0.1) is 0 Å². The molecular formula is C20H23NO3. The van der Waals surface area contributed by atoms with Crippen LogP contribution in [0.25, 0.3) is 0 Å². The fraction of sp³-hybridized carbons (Fsp3) is 0.350. The van der Waals surface area contributed by atoms with E-state index < -0.39 is 11.7 Å². The Labute approximate surface area is 142 Å². The highest BCUT2D eigenvalue weighted by Crippen LogP contribution is 2.41. The maximum atomic E-state index is 12.4. The van der Waals surface area contributed by atoms with E-state index in [0.717, 1.165) is 24.0 Å². The number of carbonyl (C=O) groups is 1. The van der Waals surface area contributed by atoms with E-state index in [0.29, 0.717) is 6.42 Å². The van der Waals surface area contributed by atoms with Crippen molar-refractivity contribution in [2.45, 2.75) is 37.5 Å². The van der Waals surface area contributed by atoms with E-state index >= 15 is 0 Å². The van der Waals surface area contributed by atoms with E-state index in [1.807, 2.05) is 60.7 Å². The maximum Gasteiger partial charge on any atom is 0.410 e. The number of likely N-dealkylation sites (N-methyl/N-ethyl adjacent to an activating group) is 1. The summed E-state index contributed by atoms with van der Waals surface area (Å²) in [7, 11) is 1.71. The lowest BCUT2D eigenvalue weighted by molar-refractivity contribution is -0.0252. The summed E-state index contributed by atoms with van der Waals surface area (Å²) in [6, 6.07) is 18.9. The maximum absolute atomic E-state index is 12.4. The van der Waals surface area contributed by atoms with Crippen molar-refractivity contribution in [1.29, 1.82) is 0 Å². The van der Waals surface area contributed by atoms with Crippen molar-refractivity contribution in [1.82, 2.24) is 4.90 Å². The summed E-state index contributed by atoms with van der Waals surface area (Å²) in [6.07, 6.45) is 1.90. The number of carbonyl (C=O) groups excluding carboxylic acids is 1. The zero-order valence-corrected chi connectivity index (χ0v) is 13.9. The van der Waals surface area contributed by atoms with E-state index in [-0.39, 0.29) is 12.6 Å². The second-order valence-electron chi connectivity index (χ2n) is 6.35. The van der Waals surface area contributed by atoms with Crippen LogP contribution >= 0.6 is 0 Å². The molecule has 3 rings (SSSR count). The van der Waals surface area contributed by atoms with E-state index in [2.05, 4.69) is 0 Å². The Hall–Kier alpha value is -2.33. The van der Waals surface area contributed by atoms with Crippen LogP contribution in [0.15, 0.2) is 60.7 Å². The summed E-state index contributed by atoms with van der Waals surface area (Å²) in [4.78, 5) is 14.0. The molecule has 24 heavy (non-hydrogen) atoms. The minimum absolute atomic E-state index is 0.237. The molecule has 1 aliphatic rings. The number of rotatable bonds is 4. The highest BCUT2D eigenvalue weighted by Gasteiger charge is 2.46. The molecule has 4 heteroatoms. The predicted molar refractivity (Wildman–Crippen MR) is 92.4 cm³/mol. The fourth-order valence-corrected chi connectivity index (χ4v) is 3.50. The van der Waals surface area contributed by atoms with Crippen LogP contribution in [-0.2, 0) is 16.9 Å². The van der Waals surface area contributed by atoms with Crippen molar-refractivity contribution in [3.05, 3.63) is 71.8 Å². The molecule has 1 fully saturated rings. The molecule has 2 atom stereocenters. The number of amides is 1. The average Bonchev–Trinajstić information content (AvgIpc) is 3.03. The summed E-state index contributed by atoms with van der Waals surface area (Å²) in [5, 5.41) is 11.2. The lowest BCUT2D eigenvalue weighted by atomic mass is 9.88. The van der Waals surface area contributed by atoms with Gasteiger partial charge in [0.1, 0.15) is 12.2 Å². The second-order valence-corrected chi connectivity index (χ2v) is 6.35. The van der Waals surface area contributed by atoms with Crippen LogP contribution in [0.1, 0.15) is 30.4 Å². The van der Waals surface area contributed by atoms with Crippen LogP contribution in [0.5, 0.6) is 0 Å². The molecule has 0 spiro atoms. The number of benzene rings is 2. The summed E-state index contributed by atoms with van der Waals surface area (Å²) >= 11 is 0. The van der Waals surface area contributed by atoms with Crippen LogP contribution in [0.3, 0.4) is 0 Å². The van der Waals surface area contributed by atoms with Gasteiger partial charge in [0.05, 0.1) is 6.04 Å². The Morgan fingerprint density at radius 3 is 2.46 bits per heavy atom. The summed E-state index contributed by atoms with van der Waals surface area (Å²) in [5.74, 6) is 0. The lowest BCUT2D eigenvalue weighted by Gasteiger charge is -2.36. The van der Waals surface area contributed by atoms with Gasteiger partial charge in [0.2, 0.25) is 0 Å². The average molecular weight is 325 g/mol. The van der Waals surface area contributed by atoms with Gasteiger partial charge in [-0.15, -0.1) is 0 Å². The Morgan fingerprint density at radius 1 is 1.17 bits per heavy atom. The smallest absolute Gasteiger partial charge is 0.410 e. The van der Waals surface area contributed by atoms with Gasteiger partial charge in [-0.2, -0.15) is 0 Å². The molecule has 2 aromatic carbocycles. The molecule has 0 unspecified atom stereocenters. The van der Waals surface area contributed by atoms with Crippen molar-refractivity contribution in [3.8, 4) is 0 Å². The minimum Gasteiger partial charge on any atom is -0.445 e. The van der Waals surface area contributed by atoms with Gasteiger partial charge < -0.3 is 14.7 Å². The molecule has 0 saturated heterocycles. The summed E-state index contributed by atoms with van der Waals surface area (Å²) in [5.41, 5.74) is 0.793. The molecule has 0 heterocycles. The monoisotopic (exact) mass is 325 g/mol. The van der Waals surface area contributed by atoms with Gasteiger partial charge >= 0.3 is 6.09 Å². The molecule has 4 nitrogen and oxygen atoms in total. The quantitative estimate of drug-likeness (QED) is 0.932. The van der Waals surface area contributed by atoms with E-state index in [4.69, 9.17) is 4.74 Å². The summed E-state index contributed by atoms with van der Waals surface area (Å²) in [6.45, 7) is 0.237. The first kappa shape index (κ1) is 16.5. The highest BCUT2D eigenvalue weighted by molar-refractivity contribution is 5.68. The highest BCUT2D eigenvalue weighted by atomic mass is 16.6. The molecule has 1 aliphatic carbocycles. The molecule has 2 aromatic rings. The molecule has 126 valence electrons.